The first-order valence-electron chi connectivity index (χ1n) is 9.32. The quantitative estimate of drug-likeness (QED) is 0.229. The van der Waals surface area contributed by atoms with E-state index in [-0.39, 0.29) is 11.5 Å². The summed E-state index contributed by atoms with van der Waals surface area (Å²) < 4.78 is -1.87. The Kier molecular flexibility index (Phi) is 7.91. The topological polar surface area (TPSA) is 92.1 Å². The van der Waals surface area contributed by atoms with Crippen LogP contribution in [-0.4, -0.2) is 26.0 Å². The first kappa shape index (κ1) is 23.5. The number of para-hydroxylation sites is 1. The maximum absolute atomic E-state index is 12.5. The van der Waals surface area contributed by atoms with Crippen molar-refractivity contribution < 1.29 is 4.79 Å². The van der Waals surface area contributed by atoms with Crippen LogP contribution in [0.2, 0.25) is 0 Å². The first-order valence-corrected chi connectivity index (χ1v) is 10.9. The van der Waals surface area contributed by atoms with Gasteiger partial charge in [0.2, 0.25) is 9.70 Å². The molecule has 10 heteroatoms. The van der Waals surface area contributed by atoms with Gasteiger partial charge >= 0.3 is 0 Å². The Morgan fingerprint density at radius 1 is 1.03 bits per heavy atom. The minimum absolute atomic E-state index is 0.0103. The molecule has 0 saturated carbocycles. The van der Waals surface area contributed by atoms with Crippen LogP contribution < -0.4 is 21.7 Å². The van der Waals surface area contributed by atoms with Gasteiger partial charge in [0, 0.05) is 24.0 Å². The molecule has 0 spiro atoms. The normalized spacial score (nSPS) is 13.3. The molecule has 2 unspecified atom stereocenters. The summed E-state index contributed by atoms with van der Waals surface area (Å²) in [5.74, 6) is -0.394. The number of rotatable bonds is 6. The van der Waals surface area contributed by atoms with E-state index >= 15 is 0 Å². The molecule has 0 fully saturated rings. The van der Waals surface area contributed by atoms with Crippen LogP contribution in [0, 0.1) is 0 Å². The van der Waals surface area contributed by atoms with Crippen LogP contribution in [-0.2, 0) is 4.79 Å². The number of nitrogens with one attached hydrogen (secondary N) is 3. The number of carbonyl (C=O) groups excluding carboxylic acids is 1. The Labute approximate surface area is 200 Å². The second-order valence-corrected chi connectivity index (χ2v) is 9.52. The SMILES string of the molecule is NC(CC(=O)NC(NC(=S)Nc1cccc2cccnc12)C(Cl)(Cl)Cl)c1ccccc1. The Balaban J connectivity index is 1.65. The van der Waals surface area contributed by atoms with Crippen molar-refractivity contribution in [3.63, 3.8) is 0 Å². The molecular formula is C21H20Cl3N5OS. The molecule has 0 radical (unpaired) electrons. The molecule has 1 aromatic heterocycles. The van der Waals surface area contributed by atoms with E-state index in [1.165, 1.54) is 0 Å². The number of fused-ring (bicyclic) bond motifs is 1. The maximum Gasteiger partial charge on any atom is 0.228 e. The van der Waals surface area contributed by atoms with Gasteiger partial charge in [0.15, 0.2) is 5.11 Å². The Hall–Kier alpha value is -2.16. The van der Waals surface area contributed by atoms with E-state index in [2.05, 4.69) is 20.9 Å². The van der Waals surface area contributed by atoms with Crippen LogP contribution in [0.25, 0.3) is 10.9 Å². The van der Waals surface area contributed by atoms with Crippen LogP contribution >= 0.6 is 47.0 Å². The smallest absolute Gasteiger partial charge is 0.228 e. The highest BCUT2D eigenvalue weighted by molar-refractivity contribution is 7.80. The van der Waals surface area contributed by atoms with Crippen LogP contribution in [0.5, 0.6) is 0 Å². The number of alkyl halides is 3. The predicted molar refractivity (Wildman–Crippen MR) is 131 cm³/mol. The van der Waals surface area contributed by atoms with Crippen molar-refractivity contribution in [1.29, 1.82) is 0 Å². The number of anilines is 1. The fraction of sp³-hybridized carbons (Fsp3) is 0.190. The molecule has 162 valence electrons. The van der Waals surface area contributed by atoms with Gasteiger partial charge in [-0.05, 0) is 29.9 Å². The molecule has 0 aliphatic carbocycles. The summed E-state index contributed by atoms with van der Waals surface area (Å²) in [6.07, 6.45) is 0.608. The van der Waals surface area contributed by atoms with Crippen LogP contribution in [0.1, 0.15) is 18.0 Å². The number of nitrogens with zero attached hydrogens (tertiary/aromatic N) is 1. The number of hydrogen-bond acceptors (Lipinski definition) is 4. The molecule has 0 saturated heterocycles. The fourth-order valence-electron chi connectivity index (χ4n) is 2.93. The van der Waals surface area contributed by atoms with Crippen LogP contribution in [0.3, 0.4) is 0 Å². The van der Waals surface area contributed by atoms with Gasteiger partial charge in [-0.15, -0.1) is 0 Å². The summed E-state index contributed by atoms with van der Waals surface area (Å²) in [5.41, 5.74) is 8.35. The van der Waals surface area contributed by atoms with Crippen LogP contribution in [0.4, 0.5) is 5.69 Å². The Morgan fingerprint density at radius 3 is 2.45 bits per heavy atom. The van der Waals surface area contributed by atoms with E-state index in [4.69, 9.17) is 52.8 Å². The van der Waals surface area contributed by atoms with E-state index < -0.39 is 21.9 Å². The van der Waals surface area contributed by atoms with Crippen molar-refractivity contribution in [2.24, 2.45) is 5.73 Å². The van der Waals surface area contributed by atoms with Gasteiger partial charge in [-0.3, -0.25) is 9.78 Å². The standard InChI is InChI=1S/C21H20Cl3N5OS/c22-21(23,24)19(28-17(30)12-15(25)13-6-2-1-3-7-13)29-20(31)27-16-10-4-8-14-9-5-11-26-18(14)16/h1-11,15,19H,12,25H2,(H,28,30)(H2,27,29,31). The number of nitrogens with two attached hydrogens (primary N) is 1. The molecule has 2 aromatic carbocycles. The highest BCUT2D eigenvalue weighted by Gasteiger charge is 2.35. The molecule has 3 rings (SSSR count). The van der Waals surface area contributed by atoms with Crippen molar-refractivity contribution >= 4 is 74.6 Å². The van der Waals surface area contributed by atoms with Gasteiger partial charge in [0.25, 0.3) is 0 Å². The molecule has 1 heterocycles. The van der Waals surface area contributed by atoms with Gasteiger partial charge < -0.3 is 21.7 Å². The summed E-state index contributed by atoms with van der Waals surface area (Å²) in [7, 11) is 0. The van der Waals surface area contributed by atoms with Crippen molar-refractivity contribution in [3.8, 4) is 0 Å². The minimum atomic E-state index is -1.87. The number of carbonyl (C=O) groups is 1. The first-order chi connectivity index (χ1) is 14.7. The fourth-order valence-corrected chi connectivity index (χ4v) is 3.49. The summed E-state index contributed by atoms with van der Waals surface area (Å²) in [6, 6.07) is 18.2. The molecule has 31 heavy (non-hydrogen) atoms. The van der Waals surface area contributed by atoms with Crippen molar-refractivity contribution in [3.05, 3.63) is 72.4 Å². The van der Waals surface area contributed by atoms with Crippen molar-refractivity contribution in [1.82, 2.24) is 15.6 Å². The number of pyridine rings is 1. The summed E-state index contributed by atoms with van der Waals surface area (Å²) in [5, 5.41) is 9.61. The minimum Gasteiger partial charge on any atom is -0.339 e. The average molecular weight is 497 g/mol. The zero-order valence-electron chi connectivity index (χ0n) is 16.2. The molecule has 0 aliphatic heterocycles. The van der Waals surface area contributed by atoms with Crippen molar-refractivity contribution in [2.75, 3.05) is 5.32 Å². The lowest BCUT2D eigenvalue weighted by Crippen LogP contribution is -2.56. The zero-order chi connectivity index (χ0) is 22.4. The molecule has 5 N–H and O–H groups in total. The molecule has 2 atom stereocenters. The molecular weight excluding hydrogens is 477 g/mol. The van der Waals surface area contributed by atoms with Gasteiger partial charge in [-0.2, -0.15) is 0 Å². The lowest BCUT2D eigenvalue weighted by molar-refractivity contribution is -0.122. The number of benzene rings is 2. The maximum atomic E-state index is 12.5. The van der Waals surface area contributed by atoms with E-state index in [9.17, 15) is 4.79 Å². The highest BCUT2D eigenvalue weighted by Crippen LogP contribution is 2.29. The highest BCUT2D eigenvalue weighted by atomic mass is 35.6. The third-order valence-corrected chi connectivity index (χ3v) is 5.30. The monoisotopic (exact) mass is 495 g/mol. The van der Waals surface area contributed by atoms with Crippen molar-refractivity contribution in [2.45, 2.75) is 22.4 Å². The zero-order valence-corrected chi connectivity index (χ0v) is 19.3. The molecule has 1 amide bonds. The Morgan fingerprint density at radius 2 is 1.74 bits per heavy atom. The second kappa shape index (κ2) is 10.4. The van der Waals surface area contributed by atoms with Gasteiger partial charge in [0.05, 0.1) is 11.2 Å². The average Bonchev–Trinajstić information content (AvgIpc) is 2.73. The lowest BCUT2D eigenvalue weighted by atomic mass is 10.0. The number of thiocarbonyl (C=S) groups is 1. The van der Waals surface area contributed by atoms with Gasteiger partial charge in [-0.25, -0.2) is 0 Å². The number of aromatic nitrogens is 1. The second-order valence-electron chi connectivity index (χ2n) is 6.74. The Bertz CT molecular complexity index is 1060. The van der Waals surface area contributed by atoms with Gasteiger partial charge in [0.1, 0.15) is 6.17 Å². The third-order valence-electron chi connectivity index (χ3n) is 4.42. The predicted octanol–water partition coefficient (Wildman–Crippen LogP) is 4.42. The van der Waals surface area contributed by atoms with Crippen LogP contribution in [0.15, 0.2) is 66.9 Å². The lowest BCUT2D eigenvalue weighted by Gasteiger charge is -2.28. The number of halogens is 3. The summed E-state index contributed by atoms with van der Waals surface area (Å²) in [4.78, 5) is 16.9. The van der Waals surface area contributed by atoms with E-state index in [0.29, 0.717) is 5.69 Å². The molecule has 0 bridgehead atoms. The third kappa shape index (κ3) is 6.66. The largest absolute Gasteiger partial charge is 0.339 e. The molecule has 6 nitrogen and oxygen atoms in total. The summed E-state index contributed by atoms with van der Waals surface area (Å²) in [6.45, 7) is 0. The van der Waals surface area contributed by atoms with E-state index in [0.717, 1.165) is 16.5 Å². The summed E-state index contributed by atoms with van der Waals surface area (Å²) >= 11 is 23.5. The number of hydrogen-bond donors (Lipinski definition) is 4. The molecule has 3 aromatic rings. The van der Waals surface area contributed by atoms with Gasteiger partial charge in [-0.1, -0.05) is 83.3 Å². The number of amides is 1. The van der Waals surface area contributed by atoms with E-state index in [1.807, 2.05) is 60.7 Å². The van der Waals surface area contributed by atoms with E-state index in [1.54, 1.807) is 6.20 Å². The molecule has 0 aliphatic rings.